The Morgan fingerprint density at radius 2 is 1.65 bits per heavy atom. The molecule has 0 aromatic rings. The summed E-state index contributed by atoms with van der Waals surface area (Å²) in [6, 6.07) is 0. The third kappa shape index (κ3) is 11.5. The quantitative estimate of drug-likeness (QED) is 0.146. The Hall–Kier alpha value is -0.810. The molecule has 0 heterocycles. The maximum atomic E-state index is 10.5. The third-order valence-corrected chi connectivity index (χ3v) is 1.49. The summed E-state index contributed by atoms with van der Waals surface area (Å²) in [6.07, 6.45) is -1.65. The second kappa shape index (κ2) is 10.4. The zero-order valence-corrected chi connectivity index (χ0v) is 10.2. The number of carboxylic acids is 1. The van der Waals surface area contributed by atoms with Gasteiger partial charge in [-0.3, -0.25) is 4.79 Å². The number of rotatable bonds is 4. The first kappa shape index (κ1) is 18.6. The van der Waals surface area contributed by atoms with Crippen molar-refractivity contribution in [2.45, 2.75) is 11.5 Å². The lowest BCUT2D eigenvalue weighted by Crippen LogP contribution is -2.29. The lowest BCUT2D eigenvalue weighted by molar-refractivity contribution is -0.165. The van der Waals surface area contributed by atoms with Gasteiger partial charge in [-0.1, -0.05) is 0 Å². The van der Waals surface area contributed by atoms with Gasteiger partial charge in [-0.05, 0) is 0 Å². The number of aliphatic hydroxyl groups is 3. The Bertz CT molecular complexity index is 267. The van der Waals surface area contributed by atoms with Crippen molar-refractivity contribution >= 4 is 43.2 Å². The second-order valence-corrected chi connectivity index (χ2v) is 3.17. The molecule has 0 bridgehead atoms. The topological polar surface area (TPSA) is 141 Å². The van der Waals surface area contributed by atoms with Crippen LogP contribution >= 0.6 is 25.3 Å². The highest BCUT2D eigenvalue weighted by molar-refractivity contribution is 7.81. The predicted octanol–water partition coefficient (Wildman–Crippen LogP) is -2.34. The molecule has 0 aromatic heterocycles. The summed E-state index contributed by atoms with van der Waals surface area (Å²) in [7, 11) is 0. The molecule has 0 aliphatic carbocycles. The van der Waals surface area contributed by atoms with Crippen molar-refractivity contribution in [3.8, 4) is 0 Å². The van der Waals surface area contributed by atoms with Crippen LogP contribution in [0.2, 0.25) is 0 Å². The van der Waals surface area contributed by atoms with Crippen molar-refractivity contribution < 1.29 is 39.5 Å². The maximum absolute atomic E-state index is 10.5. The van der Waals surface area contributed by atoms with Crippen LogP contribution in [0.4, 0.5) is 0 Å². The van der Waals surface area contributed by atoms with Gasteiger partial charge in [0.25, 0.3) is 0 Å². The Morgan fingerprint density at radius 1 is 1.24 bits per heavy atom. The van der Waals surface area contributed by atoms with Gasteiger partial charge in [0.15, 0.2) is 11.5 Å². The number of esters is 2. The van der Waals surface area contributed by atoms with Crippen molar-refractivity contribution in [2.75, 3.05) is 12.4 Å². The molecule has 0 radical (unpaired) electrons. The molecule has 17 heavy (non-hydrogen) atoms. The highest BCUT2D eigenvalue weighted by atomic mass is 32.1. The molecular weight excluding hydrogens is 276 g/mol. The van der Waals surface area contributed by atoms with Gasteiger partial charge in [0, 0.05) is 0 Å². The maximum Gasteiger partial charge on any atom is 0.345 e. The van der Waals surface area contributed by atoms with Crippen LogP contribution < -0.4 is 0 Å². The molecule has 0 amide bonds. The Kier molecular flexibility index (Phi) is 11.3. The summed E-state index contributed by atoms with van der Waals surface area (Å²) < 4.78 is 3.99. The molecule has 0 saturated heterocycles. The third-order valence-electron chi connectivity index (χ3n) is 1.01. The van der Waals surface area contributed by atoms with Crippen LogP contribution in [0.1, 0.15) is 0 Å². The minimum absolute atomic E-state index is 0.246. The van der Waals surface area contributed by atoms with Gasteiger partial charge in [0.2, 0.25) is 0 Å². The molecule has 100 valence electrons. The monoisotopic (exact) mass is 288 g/mol. The van der Waals surface area contributed by atoms with Gasteiger partial charge in [0.1, 0.15) is 0 Å². The Balaban J connectivity index is 0. The molecule has 0 rings (SSSR count). The highest BCUT2D eigenvalue weighted by Gasteiger charge is 2.17. The molecular formula is C7H12O8S2. The van der Waals surface area contributed by atoms with E-state index in [1.165, 1.54) is 0 Å². The highest BCUT2D eigenvalue weighted by Crippen LogP contribution is 1.89. The van der Waals surface area contributed by atoms with Crippen LogP contribution in [-0.4, -0.2) is 62.2 Å². The zero-order chi connectivity index (χ0) is 14.0. The van der Waals surface area contributed by atoms with E-state index in [4.69, 9.17) is 20.4 Å². The van der Waals surface area contributed by atoms with Crippen LogP contribution in [0.25, 0.3) is 0 Å². The van der Waals surface area contributed by atoms with Crippen LogP contribution in [0.15, 0.2) is 0 Å². The lowest BCUT2D eigenvalue weighted by Gasteiger charge is -2.04. The first-order valence-electron chi connectivity index (χ1n) is 3.99. The number of carbonyl (C=O) groups excluding carboxylic acids is 2. The van der Waals surface area contributed by atoms with Gasteiger partial charge in [-0.15, -0.1) is 12.6 Å². The van der Waals surface area contributed by atoms with Gasteiger partial charge in [-0.25, -0.2) is 9.59 Å². The molecule has 2 unspecified atom stereocenters. The van der Waals surface area contributed by atoms with Crippen LogP contribution in [0.3, 0.4) is 0 Å². The summed E-state index contributed by atoms with van der Waals surface area (Å²) in [5.74, 6) is -3.58. The summed E-state index contributed by atoms with van der Waals surface area (Å²) in [5, 5.41) is 32.3. The standard InChI is InChI=1S/C5H8O5S.C2H4O3S/c6-1-3(7)5(9)10-4(8)2-11;3-1(4)2(5)6/h3,6-7,11H,1-2H2;2,5-6H,(H,3,4). The number of carbonyl (C=O) groups is 3. The SMILES string of the molecule is O=C(CS)OC(=O)C(O)CO.O=C(O)C(O)S. The van der Waals surface area contributed by atoms with Crippen LogP contribution in [0, 0.1) is 0 Å². The van der Waals surface area contributed by atoms with E-state index in [-0.39, 0.29) is 5.75 Å². The van der Waals surface area contributed by atoms with Crippen molar-refractivity contribution in [3.05, 3.63) is 0 Å². The first-order valence-corrected chi connectivity index (χ1v) is 5.14. The number of thiol groups is 2. The Morgan fingerprint density at radius 3 is 1.88 bits per heavy atom. The minimum atomic E-state index is -1.65. The van der Waals surface area contributed by atoms with E-state index < -0.39 is 36.1 Å². The summed E-state index contributed by atoms with van der Waals surface area (Å²) >= 11 is 6.67. The fraction of sp³-hybridized carbons (Fsp3) is 0.571. The molecule has 0 aromatic carbocycles. The fourth-order valence-corrected chi connectivity index (χ4v) is 0.352. The van der Waals surface area contributed by atoms with Crippen LogP contribution in [0.5, 0.6) is 0 Å². The van der Waals surface area contributed by atoms with Crippen molar-refractivity contribution in [1.29, 1.82) is 0 Å². The molecule has 8 nitrogen and oxygen atoms in total. The molecule has 4 N–H and O–H groups in total. The second-order valence-electron chi connectivity index (χ2n) is 2.36. The zero-order valence-electron chi connectivity index (χ0n) is 8.39. The summed E-state index contributed by atoms with van der Waals surface area (Å²) in [4.78, 5) is 30.2. The van der Waals surface area contributed by atoms with Gasteiger partial charge >= 0.3 is 17.9 Å². The number of carboxylic acid groups (broad SMARTS) is 1. The van der Waals surface area contributed by atoms with Crippen molar-refractivity contribution in [1.82, 2.24) is 0 Å². The van der Waals surface area contributed by atoms with Crippen molar-refractivity contribution in [3.63, 3.8) is 0 Å². The summed E-state index contributed by atoms with van der Waals surface area (Å²) in [6.45, 7) is -0.765. The average Bonchev–Trinajstić information content (AvgIpc) is 2.28. The smallest absolute Gasteiger partial charge is 0.345 e. The van der Waals surface area contributed by atoms with E-state index in [9.17, 15) is 14.4 Å². The largest absolute Gasteiger partial charge is 0.479 e. The fourth-order valence-electron chi connectivity index (χ4n) is 0.287. The number of ether oxygens (including phenoxy) is 1. The van der Waals surface area contributed by atoms with Gasteiger partial charge in [-0.2, -0.15) is 12.6 Å². The van der Waals surface area contributed by atoms with E-state index in [2.05, 4.69) is 30.0 Å². The molecule has 0 saturated carbocycles. The van der Waals surface area contributed by atoms with Crippen molar-refractivity contribution in [2.24, 2.45) is 0 Å². The molecule has 0 aliphatic rings. The number of hydrogen-bond donors (Lipinski definition) is 6. The number of aliphatic carboxylic acids is 1. The first-order chi connectivity index (χ1) is 7.76. The van der Waals surface area contributed by atoms with Gasteiger partial charge in [0.05, 0.1) is 12.4 Å². The number of aliphatic hydroxyl groups excluding tert-OH is 3. The average molecular weight is 288 g/mol. The van der Waals surface area contributed by atoms with Crippen LogP contribution in [-0.2, 0) is 19.1 Å². The molecule has 10 heteroatoms. The molecule has 0 fully saturated rings. The molecule has 0 aliphatic heterocycles. The van der Waals surface area contributed by atoms with E-state index in [1.54, 1.807) is 0 Å². The van der Waals surface area contributed by atoms with E-state index >= 15 is 0 Å². The normalized spacial score (nSPS) is 12.8. The van der Waals surface area contributed by atoms with E-state index in [0.717, 1.165) is 0 Å². The van der Waals surface area contributed by atoms with Gasteiger partial charge < -0.3 is 25.2 Å². The molecule has 2 atom stereocenters. The van der Waals surface area contributed by atoms with E-state index in [0.29, 0.717) is 0 Å². The predicted molar refractivity (Wildman–Crippen MR) is 60.7 cm³/mol. The number of hydrogen-bond acceptors (Lipinski definition) is 9. The van der Waals surface area contributed by atoms with E-state index in [1.807, 2.05) is 0 Å². The minimum Gasteiger partial charge on any atom is -0.479 e. The Labute approximate surface area is 107 Å². The molecule has 0 spiro atoms. The lowest BCUT2D eigenvalue weighted by atomic mass is 10.4. The summed E-state index contributed by atoms with van der Waals surface area (Å²) in [5.41, 5.74) is -1.54.